The second kappa shape index (κ2) is 11.9. The van der Waals surface area contributed by atoms with Crippen molar-refractivity contribution in [1.82, 2.24) is 7.17 Å². The molecule has 2 N–H and O–H groups in total. The van der Waals surface area contributed by atoms with E-state index in [1.807, 2.05) is 39.0 Å². The summed E-state index contributed by atoms with van der Waals surface area (Å²) in [6.45, 7) is 16.4. The first-order valence-corrected chi connectivity index (χ1v) is 15.1. The van der Waals surface area contributed by atoms with Crippen LogP contribution in [0, 0.1) is 13.8 Å². The maximum absolute atomic E-state index is 11.8. The summed E-state index contributed by atoms with van der Waals surface area (Å²) >= 11 is 0.463. The number of allylic oxidation sites excluding steroid dienone is 4. The fourth-order valence-corrected chi connectivity index (χ4v) is 7.77. The third kappa shape index (κ3) is 5.05. The van der Waals surface area contributed by atoms with Gasteiger partial charge < -0.3 is 0 Å². The molecular formula is C34H32FeN4O4Zn. The summed E-state index contributed by atoms with van der Waals surface area (Å²) in [5.41, 5.74) is 12.9. The molecule has 222 valence electrons. The van der Waals surface area contributed by atoms with Crippen molar-refractivity contribution >= 4 is 53.7 Å². The van der Waals surface area contributed by atoms with E-state index in [9.17, 15) is 19.8 Å². The Morgan fingerprint density at radius 1 is 0.795 bits per heavy atom. The fourth-order valence-electron chi connectivity index (χ4n) is 6.14. The molecule has 6 bridgehead atoms. The van der Waals surface area contributed by atoms with Crippen LogP contribution in [0.3, 0.4) is 0 Å². The normalized spacial score (nSPS) is 20.3. The maximum Gasteiger partial charge on any atom is 0 e. The largest absolute Gasteiger partial charge is 0 e. The molecule has 0 radical (unpaired) electrons. The van der Waals surface area contributed by atoms with Gasteiger partial charge in [0.05, 0.1) is 0 Å². The number of hydrogen-bond acceptors (Lipinski definition) is 4. The Kier molecular flexibility index (Phi) is 8.56. The molecule has 10 heteroatoms. The van der Waals surface area contributed by atoms with Gasteiger partial charge in [0, 0.05) is 19.5 Å². The van der Waals surface area contributed by atoms with Crippen LogP contribution in [0.15, 0.2) is 62.9 Å². The molecule has 0 fully saturated rings. The Hall–Kier alpha value is -3.84. The van der Waals surface area contributed by atoms with Crippen molar-refractivity contribution in [2.75, 3.05) is 0 Å². The Bertz CT molecular complexity index is 2030. The van der Waals surface area contributed by atoms with Gasteiger partial charge in [-0.05, 0) is 0 Å². The number of nitrogens with zero attached hydrogens (tertiary/aromatic N) is 4. The SMILES string of the molecule is C=CC1=C(C)C2=NC/1=C\c1c(C)c(C=C)c3[n]1[Fe][n]1/c(c(C)c(CCC(=O)O)/c1=C/C1=NC(=C\3)/C(C)=C1CCC(=O)O)=C\2.[Zn]. The molecule has 0 saturated carbocycles. The molecule has 2 aromatic heterocycles. The molecule has 0 aliphatic carbocycles. The van der Waals surface area contributed by atoms with Crippen molar-refractivity contribution in [3.8, 4) is 0 Å². The van der Waals surface area contributed by atoms with Crippen LogP contribution in [0.4, 0.5) is 0 Å². The van der Waals surface area contributed by atoms with Gasteiger partial charge in [-0.25, -0.2) is 0 Å². The molecule has 0 spiro atoms. The topological polar surface area (TPSA) is 109 Å². The standard InChI is InChI=1S/C34H34N4O4.Fe.Zn/c1-7-21-17(3)25-13-26-19(5)23(9-11-33(39)40)31(37-26)16-32-24(10-12-34(41)42)20(6)28(38-32)15-30-22(8-2)18(4)27(36-30)14-29(21)35-25;;/h7-8,13-16H,1-2,9-12H2,3-6H3,(H4,35,36,37,38,39,40,41,42);;/q;+2;/p-2/b25-13?,26-13-,27-14?,28-15-,29-14-,30-15?,31-16-,32-16?;;. The van der Waals surface area contributed by atoms with E-state index < -0.39 is 11.9 Å². The summed E-state index contributed by atoms with van der Waals surface area (Å²) in [6.07, 6.45) is 12.7. The molecule has 0 amide bonds. The van der Waals surface area contributed by atoms with Crippen LogP contribution in [-0.4, -0.2) is 40.7 Å². The molecule has 0 aromatic carbocycles. The van der Waals surface area contributed by atoms with Crippen molar-refractivity contribution in [1.29, 1.82) is 0 Å². The molecule has 0 unspecified atom stereocenters. The number of carbonyl (C=O) groups is 2. The van der Waals surface area contributed by atoms with E-state index in [1.54, 1.807) is 0 Å². The van der Waals surface area contributed by atoms with Crippen molar-refractivity contribution in [2.45, 2.75) is 53.4 Å². The molecule has 6 rings (SSSR count). The molecule has 0 saturated heterocycles. The first kappa shape index (κ1) is 31.6. The Balaban J connectivity index is 0.00000384. The molecule has 4 aliphatic rings. The van der Waals surface area contributed by atoms with E-state index in [4.69, 9.17) is 9.98 Å². The smallest absolute Gasteiger partial charge is 0 e. The molecule has 4 aliphatic heterocycles. The van der Waals surface area contributed by atoms with Gasteiger partial charge in [0.15, 0.2) is 0 Å². The third-order valence-corrected chi connectivity index (χ3v) is 10.1. The van der Waals surface area contributed by atoms with Gasteiger partial charge in [-0.15, -0.1) is 0 Å². The van der Waals surface area contributed by atoms with Gasteiger partial charge >= 0.3 is 257 Å². The Labute approximate surface area is 275 Å². The van der Waals surface area contributed by atoms with Crippen LogP contribution in [0.25, 0.3) is 30.4 Å². The summed E-state index contributed by atoms with van der Waals surface area (Å²) < 4.78 is 4.47. The molecule has 0 atom stereocenters. The van der Waals surface area contributed by atoms with Gasteiger partial charge in [-0.2, -0.15) is 0 Å². The van der Waals surface area contributed by atoms with Crippen LogP contribution in [-0.2, 0) is 50.9 Å². The average Bonchev–Trinajstić information content (AvgIpc) is 3.58. The number of carboxylic acid groups (broad SMARTS) is 2. The number of fused-ring (bicyclic) bond motifs is 2. The molecule has 2 aromatic rings. The van der Waals surface area contributed by atoms with Crippen LogP contribution >= 0.6 is 0 Å². The second-order valence-electron chi connectivity index (χ2n) is 11.0. The molecule has 44 heavy (non-hydrogen) atoms. The molecular weight excluding hydrogens is 650 g/mol. The van der Waals surface area contributed by atoms with Crippen LogP contribution in [0.5, 0.6) is 0 Å². The van der Waals surface area contributed by atoms with Gasteiger partial charge in [-0.1, -0.05) is 0 Å². The predicted molar refractivity (Wildman–Crippen MR) is 167 cm³/mol. The Morgan fingerprint density at radius 3 is 2.09 bits per heavy atom. The van der Waals surface area contributed by atoms with Crippen molar-refractivity contribution in [3.05, 3.63) is 97.3 Å². The maximum atomic E-state index is 11.8. The zero-order chi connectivity index (χ0) is 30.7. The molecule has 8 nitrogen and oxygen atoms in total. The second-order valence-corrected chi connectivity index (χ2v) is 12.2. The summed E-state index contributed by atoms with van der Waals surface area (Å²) in [6, 6.07) is 0. The van der Waals surface area contributed by atoms with E-state index in [0.717, 1.165) is 83.7 Å². The minimum atomic E-state index is -0.868. The number of carboxylic acids is 2. The van der Waals surface area contributed by atoms with E-state index in [2.05, 4.69) is 45.5 Å². The average molecular weight is 682 g/mol. The van der Waals surface area contributed by atoms with Gasteiger partial charge in [0.1, 0.15) is 0 Å². The molecule has 6 heterocycles. The van der Waals surface area contributed by atoms with Crippen LogP contribution in [0.2, 0.25) is 0 Å². The quantitative estimate of drug-likeness (QED) is 0.393. The zero-order valence-corrected chi connectivity index (χ0v) is 29.3. The Morgan fingerprint density at radius 2 is 1.43 bits per heavy atom. The van der Waals surface area contributed by atoms with E-state index in [-0.39, 0.29) is 32.3 Å². The monoisotopic (exact) mass is 680 g/mol. The first-order chi connectivity index (χ1) is 20.5. The summed E-state index contributed by atoms with van der Waals surface area (Å²) in [5, 5.41) is 21.0. The van der Waals surface area contributed by atoms with Gasteiger partial charge in [0.25, 0.3) is 0 Å². The zero-order valence-electron chi connectivity index (χ0n) is 25.3. The van der Waals surface area contributed by atoms with Crippen molar-refractivity contribution in [3.63, 3.8) is 0 Å². The minimum absolute atomic E-state index is 0. The van der Waals surface area contributed by atoms with E-state index in [1.165, 1.54) is 0 Å². The van der Waals surface area contributed by atoms with Gasteiger partial charge in [0.2, 0.25) is 0 Å². The number of rotatable bonds is 8. The summed E-state index contributed by atoms with van der Waals surface area (Å²) in [5.74, 6) is -1.74. The van der Waals surface area contributed by atoms with Crippen molar-refractivity contribution < 1.29 is 54.7 Å². The van der Waals surface area contributed by atoms with Crippen LogP contribution < -0.4 is 10.7 Å². The van der Waals surface area contributed by atoms with Crippen molar-refractivity contribution in [2.24, 2.45) is 9.98 Å². The van der Waals surface area contributed by atoms with E-state index in [0.29, 0.717) is 33.9 Å². The fraction of sp³-hybridized carbons (Fsp3) is 0.235. The number of hydrogen-bond donors (Lipinski definition) is 2. The summed E-state index contributed by atoms with van der Waals surface area (Å²) in [4.78, 5) is 33.4. The minimum Gasteiger partial charge on any atom is 0 e. The number of aliphatic imine (C=N–C) groups is 2. The number of aromatic nitrogens is 2. The van der Waals surface area contributed by atoms with Gasteiger partial charge in [-0.3, -0.25) is 0 Å². The predicted octanol–water partition coefficient (Wildman–Crippen LogP) is 4.74. The third-order valence-electron chi connectivity index (χ3n) is 8.55. The van der Waals surface area contributed by atoms with Crippen LogP contribution in [0.1, 0.15) is 66.8 Å². The number of aliphatic carboxylic acids is 2. The van der Waals surface area contributed by atoms with E-state index >= 15 is 0 Å². The first-order valence-electron chi connectivity index (χ1n) is 14.1. The summed E-state index contributed by atoms with van der Waals surface area (Å²) in [7, 11) is 0.